The van der Waals surface area contributed by atoms with Gasteiger partial charge in [0.15, 0.2) is 0 Å². The first-order chi connectivity index (χ1) is 9.45. The van der Waals surface area contributed by atoms with E-state index in [1.54, 1.807) is 0 Å². The van der Waals surface area contributed by atoms with Gasteiger partial charge in [-0.15, -0.1) is 0 Å². The first-order valence-electron chi connectivity index (χ1n) is 6.93. The van der Waals surface area contributed by atoms with Gasteiger partial charge in [-0.25, -0.2) is 0 Å². The number of hydrogen-bond acceptors (Lipinski definition) is 2. The topological polar surface area (TPSA) is 24.1 Å². The van der Waals surface area contributed by atoms with E-state index in [1.807, 2.05) is 36.4 Å². The van der Waals surface area contributed by atoms with Gasteiger partial charge in [0.05, 0.1) is 0 Å². The summed E-state index contributed by atoms with van der Waals surface area (Å²) in [6.45, 7) is 3.27. The summed E-state index contributed by atoms with van der Waals surface area (Å²) in [5.41, 5.74) is 1.37. The highest BCUT2D eigenvalue weighted by Gasteiger charge is 2.12. The summed E-state index contributed by atoms with van der Waals surface area (Å²) >= 11 is 0. The average Bonchev–Trinajstić information content (AvgIpc) is 3.02. The van der Waals surface area contributed by atoms with Gasteiger partial charge in [0.25, 0.3) is 0 Å². The van der Waals surface area contributed by atoms with Crippen LogP contribution in [0, 0.1) is 0 Å². The van der Waals surface area contributed by atoms with Crippen LogP contribution in [0.15, 0.2) is 66.7 Å². The molecule has 2 heteroatoms. The Balaban J connectivity index is 0.000000186. The molecule has 0 amide bonds. The number of nitrogens with one attached hydrogen (secondary N) is 2. The van der Waals surface area contributed by atoms with E-state index in [4.69, 9.17) is 0 Å². The van der Waals surface area contributed by atoms with Crippen LogP contribution in [-0.2, 0) is 6.54 Å². The Labute approximate surface area is 115 Å². The zero-order valence-corrected chi connectivity index (χ0v) is 11.3. The Hall–Kier alpha value is -1.64. The number of hydrogen-bond donors (Lipinski definition) is 2. The van der Waals surface area contributed by atoms with Crippen molar-refractivity contribution < 1.29 is 0 Å². The summed E-state index contributed by atoms with van der Waals surface area (Å²) in [6.07, 6.45) is 1.26. The van der Waals surface area contributed by atoms with Crippen LogP contribution in [0.4, 0.5) is 0 Å². The lowest BCUT2D eigenvalue weighted by Crippen LogP contribution is -2.30. The SMILES string of the molecule is c1ccc(CNC2CCNC2)cc1.c1ccccc1. The Bertz CT molecular complexity index is 395. The van der Waals surface area contributed by atoms with E-state index >= 15 is 0 Å². The molecule has 2 aromatic rings. The van der Waals surface area contributed by atoms with E-state index < -0.39 is 0 Å². The highest BCUT2D eigenvalue weighted by Crippen LogP contribution is 2.01. The van der Waals surface area contributed by atoms with Crippen LogP contribution in [0.1, 0.15) is 12.0 Å². The van der Waals surface area contributed by atoms with E-state index in [2.05, 4.69) is 41.0 Å². The maximum atomic E-state index is 3.54. The van der Waals surface area contributed by atoms with Gasteiger partial charge >= 0.3 is 0 Å². The number of benzene rings is 2. The van der Waals surface area contributed by atoms with Gasteiger partial charge in [-0.3, -0.25) is 0 Å². The zero-order valence-electron chi connectivity index (χ0n) is 11.3. The predicted molar refractivity (Wildman–Crippen MR) is 81.0 cm³/mol. The third-order valence-electron chi connectivity index (χ3n) is 3.16. The third-order valence-corrected chi connectivity index (χ3v) is 3.16. The molecule has 19 heavy (non-hydrogen) atoms. The van der Waals surface area contributed by atoms with Crippen molar-refractivity contribution in [2.75, 3.05) is 13.1 Å². The summed E-state index contributed by atoms with van der Waals surface area (Å²) in [4.78, 5) is 0. The van der Waals surface area contributed by atoms with E-state index in [0.717, 1.165) is 19.6 Å². The maximum absolute atomic E-state index is 3.54. The molecule has 3 rings (SSSR count). The molecular weight excluding hydrogens is 232 g/mol. The molecule has 0 radical (unpaired) electrons. The second-order valence-electron chi connectivity index (χ2n) is 4.71. The van der Waals surface area contributed by atoms with Gasteiger partial charge < -0.3 is 10.6 Å². The molecule has 1 heterocycles. The molecule has 2 aromatic carbocycles. The molecule has 1 aliphatic rings. The smallest absolute Gasteiger partial charge is 0.0208 e. The highest BCUT2D eigenvalue weighted by atomic mass is 15.0. The fraction of sp³-hybridized carbons (Fsp3) is 0.294. The van der Waals surface area contributed by atoms with Gasteiger partial charge in [0.1, 0.15) is 0 Å². The van der Waals surface area contributed by atoms with Crippen molar-refractivity contribution in [2.24, 2.45) is 0 Å². The van der Waals surface area contributed by atoms with Gasteiger partial charge in [0, 0.05) is 19.1 Å². The Morgan fingerprint density at radius 2 is 1.47 bits per heavy atom. The quantitative estimate of drug-likeness (QED) is 0.880. The fourth-order valence-corrected chi connectivity index (χ4v) is 2.07. The molecule has 0 aliphatic carbocycles. The Kier molecular flexibility index (Phi) is 6.14. The summed E-state index contributed by atoms with van der Waals surface area (Å²) in [5.74, 6) is 0. The van der Waals surface area contributed by atoms with Crippen LogP contribution in [0.25, 0.3) is 0 Å². The fourth-order valence-electron chi connectivity index (χ4n) is 2.07. The summed E-state index contributed by atoms with van der Waals surface area (Å²) in [7, 11) is 0. The standard InChI is InChI=1S/C11H16N2.C6H6/c1-2-4-10(5-3-1)8-13-11-6-7-12-9-11;1-2-4-6-5-3-1/h1-5,11-13H,6-9H2;1-6H. The van der Waals surface area contributed by atoms with Gasteiger partial charge in [-0.2, -0.15) is 0 Å². The molecule has 0 spiro atoms. The Morgan fingerprint density at radius 3 is 2.00 bits per heavy atom. The average molecular weight is 254 g/mol. The largest absolute Gasteiger partial charge is 0.315 e. The van der Waals surface area contributed by atoms with Gasteiger partial charge in [0.2, 0.25) is 0 Å². The second-order valence-corrected chi connectivity index (χ2v) is 4.71. The van der Waals surface area contributed by atoms with Crippen molar-refractivity contribution in [2.45, 2.75) is 19.0 Å². The third kappa shape index (κ3) is 5.69. The molecule has 0 saturated carbocycles. The minimum Gasteiger partial charge on any atom is -0.315 e. The monoisotopic (exact) mass is 254 g/mol. The van der Waals surface area contributed by atoms with Crippen LogP contribution in [0.5, 0.6) is 0 Å². The van der Waals surface area contributed by atoms with Crippen molar-refractivity contribution in [1.82, 2.24) is 10.6 Å². The van der Waals surface area contributed by atoms with E-state index in [-0.39, 0.29) is 0 Å². The van der Waals surface area contributed by atoms with Crippen LogP contribution in [0.2, 0.25) is 0 Å². The van der Waals surface area contributed by atoms with E-state index in [1.165, 1.54) is 12.0 Å². The second kappa shape index (κ2) is 8.46. The van der Waals surface area contributed by atoms with Crippen molar-refractivity contribution in [3.8, 4) is 0 Å². The van der Waals surface area contributed by atoms with E-state index in [0.29, 0.717) is 6.04 Å². The molecule has 0 aromatic heterocycles. The van der Waals surface area contributed by atoms with Gasteiger partial charge in [-0.05, 0) is 18.5 Å². The molecule has 1 fully saturated rings. The molecule has 1 aliphatic heterocycles. The minimum absolute atomic E-state index is 0.667. The maximum Gasteiger partial charge on any atom is 0.0208 e. The van der Waals surface area contributed by atoms with Crippen LogP contribution < -0.4 is 10.6 Å². The molecule has 2 N–H and O–H groups in total. The molecule has 1 atom stereocenters. The predicted octanol–water partition coefficient (Wildman–Crippen LogP) is 2.82. The van der Waals surface area contributed by atoms with Crippen molar-refractivity contribution in [3.63, 3.8) is 0 Å². The molecule has 0 bridgehead atoms. The molecule has 1 unspecified atom stereocenters. The Morgan fingerprint density at radius 1 is 0.895 bits per heavy atom. The molecule has 2 nitrogen and oxygen atoms in total. The van der Waals surface area contributed by atoms with E-state index in [9.17, 15) is 0 Å². The molecule has 1 saturated heterocycles. The lowest BCUT2D eigenvalue weighted by molar-refractivity contribution is 0.547. The van der Waals surface area contributed by atoms with Crippen molar-refractivity contribution >= 4 is 0 Å². The van der Waals surface area contributed by atoms with Crippen molar-refractivity contribution in [1.29, 1.82) is 0 Å². The highest BCUT2D eigenvalue weighted by molar-refractivity contribution is 5.14. The summed E-state index contributed by atoms with van der Waals surface area (Å²) in [5, 5.41) is 6.88. The first-order valence-corrected chi connectivity index (χ1v) is 6.93. The normalized spacial score (nSPS) is 17.6. The summed E-state index contributed by atoms with van der Waals surface area (Å²) < 4.78 is 0. The number of rotatable bonds is 3. The lowest BCUT2D eigenvalue weighted by atomic mass is 10.2. The van der Waals surface area contributed by atoms with Gasteiger partial charge in [-0.1, -0.05) is 66.7 Å². The summed E-state index contributed by atoms with van der Waals surface area (Å²) in [6, 6.07) is 23.2. The van der Waals surface area contributed by atoms with Crippen LogP contribution >= 0.6 is 0 Å². The lowest BCUT2D eigenvalue weighted by Gasteiger charge is -2.10. The molecular formula is C17H22N2. The minimum atomic E-state index is 0.667. The van der Waals surface area contributed by atoms with Crippen molar-refractivity contribution in [3.05, 3.63) is 72.3 Å². The van der Waals surface area contributed by atoms with Crippen LogP contribution in [-0.4, -0.2) is 19.1 Å². The molecule has 100 valence electrons. The van der Waals surface area contributed by atoms with Crippen LogP contribution in [0.3, 0.4) is 0 Å². The zero-order chi connectivity index (χ0) is 13.2. The first kappa shape index (κ1) is 13.8.